The van der Waals surface area contributed by atoms with Crippen LogP contribution in [-0.4, -0.2) is 11.0 Å². The van der Waals surface area contributed by atoms with E-state index in [2.05, 4.69) is 37.1 Å². The minimum atomic E-state index is 0.466. The van der Waals surface area contributed by atoms with Crippen molar-refractivity contribution in [3.05, 3.63) is 30.6 Å². The van der Waals surface area contributed by atoms with Gasteiger partial charge in [0.1, 0.15) is 0 Å². The number of hydrogen-bond acceptors (Lipinski definition) is 3. The van der Waals surface area contributed by atoms with Crippen molar-refractivity contribution in [1.29, 1.82) is 0 Å². The molecule has 0 aliphatic heterocycles. The average molecular weight is 271 g/mol. The summed E-state index contributed by atoms with van der Waals surface area (Å²) >= 11 is 0. The molecule has 2 rings (SSSR count). The highest BCUT2D eigenvalue weighted by Crippen LogP contribution is 2.28. The molecule has 0 aliphatic carbocycles. The summed E-state index contributed by atoms with van der Waals surface area (Å²) in [5.74, 6) is 0.783. The molecule has 3 N–H and O–H groups in total. The first-order valence-electron chi connectivity index (χ1n) is 7.46. The lowest BCUT2D eigenvalue weighted by Crippen LogP contribution is -2.15. The van der Waals surface area contributed by atoms with Crippen molar-refractivity contribution in [2.24, 2.45) is 5.92 Å². The molecule has 108 valence electrons. The van der Waals surface area contributed by atoms with Crippen molar-refractivity contribution < 1.29 is 0 Å². The Labute approximate surface area is 121 Å². The zero-order chi connectivity index (χ0) is 14.5. The van der Waals surface area contributed by atoms with E-state index < -0.39 is 0 Å². The molecule has 1 unspecified atom stereocenters. The Bertz CT molecular complexity index is 563. The zero-order valence-corrected chi connectivity index (χ0v) is 12.7. The molecule has 1 aromatic heterocycles. The molecule has 0 spiro atoms. The van der Waals surface area contributed by atoms with Crippen LogP contribution in [0.15, 0.2) is 30.6 Å². The minimum Gasteiger partial charge on any atom is -0.398 e. The van der Waals surface area contributed by atoms with Crippen molar-refractivity contribution in [3.8, 4) is 0 Å². The second-order valence-electron chi connectivity index (χ2n) is 5.99. The highest BCUT2D eigenvalue weighted by atomic mass is 14.9. The van der Waals surface area contributed by atoms with Gasteiger partial charge in [-0.05, 0) is 37.5 Å². The third-order valence-corrected chi connectivity index (χ3v) is 3.67. The number of benzene rings is 1. The van der Waals surface area contributed by atoms with Crippen LogP contribution >= 0.6 is 0 Å². The first-order valence-corrected chi connectivity index (χ1v) is 7.46. The summed E-state index contributed by atoms with van der Waals surface area (Å²) < 4.78 is 0. The summed E-state index contributed by atoms with van der Waals surface area (Å²) in [4.78, 5) is 4.16. The van der Waals surface area contributed by atoms with Crippen LogP contribution in [0.1, 0.15) is 40.0 Å². The van der Waals surface area contributed by atoms with Gasteiger partial charge in [-0.1, -0.05) is 26.7 Å². The molecule has 1 atom stereocenters. The van der Waals surface area contributed by atoms with Gasteiger partial charge in [-0.2, -0.15) is 0 Å². The van der Waals surface area contributed by atoms with Gasteiger partial charge in [-0.25, -0.2) is 0 Å². The molecular formula is C17H25N3. The topological polar surface area (TPSA) is 50.9 Å². The fourth-order valence-electron chi connectivity index (χ4n) is 2.51. The lowest BCUT2D eigenvalue weighted by Gasteiger charge is -2.18. The summed E-state index contributed by atoms with van der Waals surface area (Å²) in [5.41, 5.74) is 7.93. The van der Waals surface area contributed by atoms with E-state index in [1.54, 1.807) is 0 Å². The van der Waals surface area contributed by atoms with E-state index in [1.807, 2.05) is 24.5 Å². The largest absolute Gasteiger partial charge is 0.398 e. The maximum Gasteiger partial charge on any atom is 0.0424 e. The summed E-state index contributed by atoms with van der Waals surface area (Å²) in [6.07, 6.45) is 7.39. The van der Waals surface area contributed by atoms with E-state index in [-0.39, 0.29) is 0 Å². The summed E-state index contributed by atoms with van der Waals surface area (Å²) in [6, 6.07) is 6.51. The van der Waals surface area contributed by atoms with Crippen molar-refractivity contribution in [2.45, 2.75) is 46.1 Å². The van der Waals surface area contributed by atoms with Gasteiger partial charge in [0.25, 0.3) is 0 Å². The van der Waals surface area contributed by atoms with Gasteiger partial charge in [0.2, 0.25) is 0 Å². The fourth-order valence-corrected chi connectivity index (χ4v) is 2.51. The molecule has 0 radical (unpaired) electrons. The third kappa shape index (κ3) is 3.62. The summed E-state index contributed by atoms with van der Waals surface area (Å²) in [6.45, 7) is 6.79. The number of anilines is 2. The van der Waals surface area contributed by atoms with Crippen LogP contribution in [0.3, 0.4) is 0 Å². The van der Waals surface area contributed by atoms with Crippen LogP contribution in [0.5, 0.6) is 0 Å². The SMILES string of the molecule is CC(C)CCCC(C)Nc1ccc(N)c2cnccc12. The van der Waals surface area contributed by atoms with Gasteiger partial charge in [-0.3, -0.25) is 4.98 Å². The molecule has 2 aromatic rings. The van der Waals surface area contributed by atoms with Crippen LogP contribution in [0.2, 0.25) is 0 Å². The average Bonchev–Trinajstić information content (AvgIpc) is 2.42. The van der Waals surface area contributed by atoms with Gasteiger partial charge in [0.05, 0.1) is 0 Å². The molecule has 0 saturated carbocycles. The van der Waals surface area contributed by atoms with Crippen molar-refractivity contribution in [3.63, 3.8) is 0 Å². The van der Waals surface area contributed by atoms with E-state index in [4.69, 9.17) is 5.73 Å². The molecule has 0 bridgehead atoms. The third-order valence-electron chi connectivity index (χ3n) is 3.67. The number of hydrogen-bond donors (Lipinski definition) is 2. The Morgan fingerprint density at radius 1 is 1.10 bits per heavy atom. The number of aromatic nitrogens is 1. The van der Waals surface area contributed by atoms with Crippen LogP contribution in [0.4, 0.5) is 11.4 Å². The van der Waals surface area contributed by atoms with E-state index in [0.29, 0.717) is 6.04 Å². The molecule has 0 saturated heterocycles. The minimum absolute atomic E-state index is 0.466. The predicted molar refractivity (Wildman–Crippen MR) is 87.9 cm³/mol. The Balaban J connectivity index is 2.08. The highest BCUT2D eigenvalue weighted by Gasteiger charge is 2.07. The number of nitrogens with one attached hydrogen (secondary N) is 1. The number of nitrogens with zero attached hydrogens (tertiary/aromatic N) is 1. The van der Waals surface area contributed by atoms with Crippen LogP contribution in [-0.2, 0) is 0 Å². The second kappa shape index (κ2) is 6.60. The molecule has 0 amide bonds. The number of nitrogen functional groups attached to an aromatic ring is 1. The number of rotatable bonds is 6. The second-order valence-corrected chi connectivity index (χ2v) is 5.99. The zero-order valence-electron chi connectivity index (χ0n) is 12.7. The number of nitrogens with two attached hydrogens (primary N) is 1. The van der Waals surface area contributed by atoms with Crippen LogP contribution in [0.25, 0.3) is 10.8 Å². The van der Waals surface area contributed by atoms with Crippen LogP contribution < -0.4 is 11.1 Å². The highest BCUT2D eigenvalue weighted by molar-refractivity contribution is 6.00. The van der Waals surface area contributed by atoms with E-state index in [0.717, 1.165) is 28.1 Å². The maximum absolute atomic E-state index is 6.00. The maximum atomic E-state index is 6.00. The molecule has 0 fully saturated rings. The van der Waals surface area contributed by atoms with E-state index in [9.17, 15) is 0 Å². The smallest absolute Gasteiger partial charge is 0.0424 e. The van der Waals surface area contributed by atoms with Gasteiger partial charge < -0.3 is 11.1 Å². The lowest BCUT2D eigenvalue weighted by molar-refractivity contribution is 0.520. The van der Waals surface area contributed by atoms with Gasteiger partial charge >= 0.3 is 0 Å². The summed E-state index contributed by atoms with van der Waals surface area (Å²) in [5, 5.41) is 5.77. The standard InChI is InChI=1S/C17H25N3/c1-12(2)5-4-6-13(3)20-17-8-7-16(18)15-11-19-10-9-14(15)17/h7-13,20H,4-6,18H2,1-3H3. The lowest BCUT2D eigenvalue weighted by atomic mass is 10.0. The molecule has 3 heteroatoms. The quantitative estimate of drug-likeness (QED) is 0.763. The molecule has 0 aliphatic rings. The first kappa shape index (κ1) is 14.6. The van der Waals surface area contributed by atoms with Crippen LogP contribution in [0, 0.1) is 5.92 Å². The van der Waals surface area contributed by atoms with Crippen molar-refractivity contribution >= 4 is 22.1 Å². The monoisotopic (exact) mass is 271 g/mol. The Kier molecular flexibility index (Phi) is 4.83. The molecule has 1 aromatic carbocycles. The molecule has 1 heterocycles. The van der Waals surface area contributed by atoms with Gasteiger partial charge in [0, 0.05) is 40.6 Å². The van der Waals surface area contributed by atoms with Gasteiger partial charge in [0.15, 0.2) is 0 Å². The Morgan fingerprint density at radius 2 is 1.90 bits per heavy atom. The van der Waals surface area contributed by atoms with Crippen molar-refractivity contribution in [2.75, 3.05) is 11.1 Å². The van der Waals surface area contributed by atoms with Crippen molar-refractivity contribution in [1.82, 2.24) is 4.98 Å². The fraction of sp³-hybridized carbons (Fsp3) is 0.471. The number of fused-ring (bicyclic) bond motifs is 1. The first-order chi connectivity index (χ1) is 9.58. The predicted octanol–water partition coefficient (Wildman–Crippen LogP) is 4.44. The number of pyridine rings is 1. The van der Waals surface area contributed by atoms with E-state index >= 15 is 0 Å². The Morgan fingerprint density at radius 3 is 2.65 bits per heavy atom. The molecule has 20 heavy (non-hydrogen) atoms. The van der Waals surface area contributed by atoms with Gasteiger partial charge in [-0.15, -0.1) is 0 Å². The summed E-state index contributed by atoms with van der Waals surface area (Å²) in [7, 11) is 0. The van der Waals surface area contributed by atoms with E-state index in [1.165, 1.54) is 19.3 Å². The molecule has 3 nitrogen and oxygen atoms in total. The molecular weight excluding hydrogens is 246 g/mol. The Hall–Kier alpha value is -1.77. The normalized spacial score (nSPS) is 12.8.